The summed E-state index contributed by atoms with van der Waals surface area (Å²) in [5.41, 5.74) is 3.14. The predicted octanol–water partition coefficient (Wildman–Crippen LogP) is 3.95. The van der Waals surface area contributed by atoms with Crippen LogP contribution in [0.4, 0.5) is 5.69 Å². The van der Waals surface area contributed by atoms with Gasteiger partial charge < -0.3 is 24.8 Å². The van der Waals surface area contributed by atoms with E-state index in [0.29, 0.717) is 12.2 Å². The lowest BCUT2D eigenvalue weighted by atomic mass is 10.0. The smallest absolute Gasteiger partial charge is 0.328 e. The van der Waals surface area contributed by atoms with Gasteiger partial charge in [0.2, 0.25) is 0 Å². The Balaban J connectivity index is 0.000000339. The third-order valence-corrected chi connectivity index (χ3v) is 7.23. The minimum absolute atomic E-state index is 0.0764. The van der Waals surface area contributed by atoms with Gasteiger partial charge in [-0.1, -0.05) is 36.4 Å². The summed E-state index contributed by atoms with van der Waals surface area (Å²) in [6, 6.07) is 20.7. The first kappa shape index (κ1) is 26.1. The normalized spacial score (nSPS) is 19.2. The number of carboxylic acids is 2. The highest BCUT2D eigenvalue weighted by Gasteiger charge is 2.42. The number of hydrogen-bond acceptors (Lipinski definition) is 6. The lowest BCUT2D eigenvalue weighted by molar-refractivity contribution is -0.134. The van der Waals surface area contributed by atoms with E-state index in [4.69, 9.17) is 15.2 Å². The summed E-state index contributed by atoms with van der Waals surface area (Å²) in [6.45, 7) is 1.56. The molecule has 2 unspecified atom stereocenters. The van der Waals surface area contributed by atoms with Gasteiger partial charge >= 0.3 is 11.9 Å². The van der Waals surface area contributed by atoms with Crippen LogP contribution in [0.25, 0.3) is 21.7 Å². The maximum absolute atomic E-state index is 13.6. The van der Waals surface area contributed by atoms with Gasteiger partial charge in [0, 0.05) is 54.5 Å². The number of carboxylic acid groups (broad SMARTS) is 2. The molecule has 1 aliphatic heterocycles. The summed E-state index contributed by atoms with van der Waals surface area (Å²) in [5, 5.41) is 28.4. The molecule has 6 rings (SSSR count). The molecule has 39 heavy (non-hydrogen) atoms. The van der Waals surface area contributed by atoms with Crippen molar-refractivity contribution in [1.82, 2.24) is 9.55 Å². The molecule has 9 nitrogen and oxygen atoms in total. The topological polar surface area (TPSA) is 133 Å². The van der Waals surface area contributed by atoms with Crippen molar-refractivity contribution in [1.29, 1.82) is 0 Å². The summed E-state index contributed by atoms with van der Waals surface area (Å²) in [4.78, 5) is 39.8. The molecule has 2 aromatic heterocycles. The van der Waals surface area contributed by atoms with Gasteiger partial charge in [-0.3, -0.25) is 9.78 Å². The third kappa shape index (κ3) is 5.83. The number of aromatic nitrogens is 2. The summed E-state index contributed by atoms with van der Waals surface area (Å²) in [7, 11) is 0. The van der Waals surface area contributed by atoms with Crippen LogP contribution in [0.1, 0.15) is 36.9 Å². The molecular weight excluding hydrogens is 498 g/mol. The van der Waals surface area contributed by atoms with Crippen molar-refractivity contribution in [3.05, 3.63) is 95.1 Å². The SMILES string of the molecule is O=C(O)/C=C/C(=O)O.O=c1c2c(N3CCC(O)CC3)cccc2ccn1C1CC1c1ccc2ccccc2n1. The zero-order valence-corrected chi connectivity index (χ0v) is 21.2. The Morgan fingerprint density at radius 1 is 0.872 bits per heavy atom. The Morgan fingerprint density at radius 2 is 1.56 bits per heavy atom. The van der Waals surface area contributed by atoms with Crippen molar-refractivity contribution in [2.75, 3.05) is 18.0 Å². The van der Waals surface area contributed by atoms with E-state index in [1.54, 1.807) is 0 Å². The molecule has 0 amide bonds. The number of fused-ring (bicyclic) bond motifs is 2. The number of nitrogens with zero attached hydrogens (tertiary/aromatic N) is 3. The maximum atomic E-state index is 13.6. The number of benzene rings is 2. The molecule has 0 bridgehead atoms. The molecule has 1 saturated carbocycles. The highest BCUT2D eigenvalue weighted by Crippen LogP contribution is 2.50. The fourth-order valence-corrected chi connectivity index (χ4v) is 5.16. The molecule has 9 heteroatoms. The molecule has 2 aromatic carbocycles. The van der Waals surface area contributed by atoms with Gasteiger partial charge in [-0.15, -0.1) is 0 Å². The Kier molecular flexibility index (Phi) is 7.42. The monoisotopic (exact) mass is 527 g/mol. The van der Waals surface area contributed by atoms with Gasteiger partial charge in [-0.2, -0.15) is 0 Å². The lowest BCUT2D eigenvalue weighted by Crippen LogP contribution is -2.36. The number of rotatable bonds is 5. The number of hydrogen-bond donors (Lipinski definition) is 3. The summed E-state index contributed by atoms with van der Waals surface area (Å²) in [5.74, 6) is -2.24. The Hall–Kier alpha value is -4.50. The van der Waals surface area contributed by atoms with Crippen molar-refractivity contribution in [2.24, 2.45) is 0 Å². The highest BCUT2D eigenvalue weighted by atomic mass is 16.4. The summed E-state index contributed by atoms with van der Waals surface area (Å²) in [6.07, 6.45) is 5.26. The first-order chi connectivity index (χ1) is 18.8. The molecule has 2 fully saturated rings. The molecular formula is C30H29N3O6. The molecule has 2 atom stereocenters. The van der Waals surface area contributed by atoms with Gasteiger partial charge in [0.05, 0.1) is 22.7 Å². The minimum Gasteiger partial charge on any atom is -0.478 e. The number of carbonyl (C=O) groups is 2. The minimum atomic E-state index is -1.26. The fraction of sp³-hybridized carbons (Fsp3) is 0.267. The first-order valence-corrected chi connectivity index (χ1v) is 12.9. The van der Waals surface area contributed by atoms with Crippen molar-refractivity contribution in [2.45, 2.75) is 37.3 Å². The molecule has 200 valence electrons. The number of aliphatic hydroxyl groups excluding tert-OH is 1. The van der Waals surface area contributed by atoms with Crippen molar-refractivity contribution in [3.8, 4) is 0 Å². The van der Waals surface area contributed by atoms with E-state index in [0.717, 1.165) is 65.4 Å². The second-order valence-electron chi connectivity index (χ2n) is 9.84. The number of aliphatic hydroxyl groups is 1. The van der Waals surface area contributed by atoms with Crippen LogP contribution >= 0.6 is 0 Å². The zero-order chi connectivity index (χ0) is 27.5. The summed E-state index contributed by atoms with van der Waals surface area (Å²) >= 11 is 0. The predicted molar refractivity (Wildman–Crippen MR) is 148 cm³/mol. The second-order valence-corrected chi connectivity index (χ2v) is 9.84. The number of piperidine rings is 1. The largest absolute Gasteiger partial charge is 0.478 e. The average Bonchev–Trinajstić information content (AvgIpc) is 3.73. The van der Waals surface area contributed by atoms with Gasteiger partial charge in [-0.25, -0.2) is 9.59 Å². The van der Waals surface area contributed by atoms with Gasteiger partial charge in [0.1, 0.15) is 0 Å². The van der Waals surface area contributed by atoms with E-state index < -0.39 is 11.9 Å². The van der Waals surface area contributed by atoms with Gasteiger partial charge in [0.25, 0.3) is 5.56 Å². The number of anilines is 1. The Morgan fingerprint density at radius 3 is 2.28 bits per heavy atom. The van der Waals surface area contributed by atoms with E-state index in [2.05, 4.69) is 29.2 Å². The number of pyridine rings is 2. The number of aliphatic carboxylic acids is 2. The molecule has 4 aromatic rings. The molecule has 0 spiro atoms. The fourth-order valence-electron chi connectivity index (χ4n) is 5.16. The quantitative estimate of drug-likeness (QED) is 0.332. The van der Waals surface area contributed by atoms with E-state index in [1.165, 1.54) is 0 Å². The average molecular weight is 528 g/mol. The Bertz CT molecular complexity index is 1600. The third-order valence-electron chi connectivity index (χ3n) is 7.23. The van der Waals surface area contributed by atoms with E-state index in [9.17, 15) is 19.5 Å². The van der Waals surface area contributed by atoms with Crippen molar-refractivity contribution in [3.63, 3.8) is 0 Å². The first-order valence-electron chi connectivity index (χ1n) is 12.9. The van der Waals surface area contributed by atoms with E-state index in [-0.39, 0.29) is 23.6 Å². The van der Waals surface area contributed by atoms with Crippen LogP contribution < -0.4 is 10.5 Å². The maximum Gasteiger partial charge on any atom is 0.328 e. The number of para-hydroxylation sites is 1. The molecule has 1 aliphatic carbocycles. The van der Waals surface area contributed by atoms with Crippen molar-refractivity contribution < 1.29 is 24.9 Å². The van der Waals surface area contributed by atoms with Crippen LogP contribution in [-0.4, -0.2) is 56.0 Å². The van der Waals surface area contributed by atoms with Gasteiger partial charge in [0.15, 0.2) is 0 Å². The molecule has 3 heterocycles. The Labute approximate surface area is 224 Å². The second kappa shape index (κ2) is 11.1. The zero-order valence-electron chi connectivity index (χ0n) is 21.2. The van der Waals surface area contributed by atoms with Crippen LogP contribution in [0.5, 0.6) is 0 Å². The molecule has 3 N–H and O–H groups in total. The lowest BCUT2D eigenvalue weighted by Gasteiger charge is -2.32. The molecule has 1 saturated heterocycles. The van der Waals surface area contributed by atoms with Crippen LogP contribution in [0.3, 0.4) is 0 Å². The highest BCUT2D eigenvalue weighted by molar-refractivity contribution is 5.93. The van der Waals surface area contributed by atoms with Crippen LogP contribution in [0.2, 0.25) is 0 Å². The molecule has 2 aliphatic rings. The van der Waals surface area contributed by atoms with Gasteiger partial charge in [-0.05, 0) is 48.9 Å². The summed E-state index contributed by atoms with van der Waals surface area (Å²) < 4.78 is 1.91. The van der Waals surface area contributed by atoms with Crippen LogP contribution in [-0.2, 0) is 9.59 Å². The standard InChI is InChI=1S/C26H25N3O2.C4H4O4/c30-19-11-13-28(14-12-19)23-7-3-5-18-10-15-29(26(31)25(18)23)24-16-20(24)22-9-8-17-4-1-2-6-21(17)27-22;5-3(6)1-2-4(7)8/h1-10,15,19-20,24,30H,11-14,16H2;1-2H,(H,5,6)(H,7,8)/b;2-1+. The van der Waals surface area contributed by atoms with Crippen LogP contribution in [0, 0.1) is 0 Å². The van der Waals surface area contributed by atoms with E-state index in [1.807, 2.05) is 47.2 Å². The van der Waals surface area contributed by atoms with Crippen molar-refractivity contribution >= 4 is 39.3 Å². The van der Waals surface area contributed by atoms with E-state index >= 15 is 0 Å². The molecule has 0 radical (unpaired) electrons. The van der Waals surface area contributed by atoms with Crippen LogP contribution in [0.15, 0.2) is 83.8 Å².